The highest BCUT2D eigenvalue weighted by Crippen LogP contribution is 2.25. The summed E-state index contributed by atoms with van der Waals surface area (Å²) in [6.45, 7) is 0.142. The summed E-state index contributed by atoms with van der Waals surface area (Å²) in [7, 11) is 0. The predicted octanol–water partition coefficient (Wildman–Crippen LogP) is 1.29. The fourth-order valence-corrected chi connectivity index (χ4v) is 2.43. The molecule has 1 saturated carbocycles. The highest BCUT2D eigenvalue weighted by Gasteiger charge is 2.30. The minimum atomic E-state index is -0.0536. The van der Waals surface area contributed by atoms with Gasteiger partial charge in [-0.1, -0.05) is 18.6 Å². The van der Waals surface area contributed by atoms with Crippen LogP contribution < -0.4 is 11.1 Å². The molecular formula is C14H20N2O2. The van der Waals surface area contributed by atoms with Gasteiger partial charge < -0.3 is 16.2 Å². The topological polar surface area (TPSA) is 75.4 Å². The number of aliphatic hydroxyl groups excluding tert-OH is 1. The van der Waals surface area contributed by atoms with Crippen LogP contribution in [0.2, 0.25) is 0 Å². The van der Waals surface area contributed by atoms with Gasteiger partial charge in [0.1, 0.15) is 0 Å². The van der Waals surface area contributed by atoms with Gasteiger partial charge in [0.15, 0.2) is 0 Å². The summed E-state index contributed by atoms with van der Waals surface area (Å²) in [5.74, 6) is -0.0305. The number of amides is 1. The van der Waals surface area contributed by atoms with Gasteiger partial charge in [0.25, 0.3) is 0 Å². The second-order valence-corrected chi connectivity index (χ2v) is 4.86. The van der Waals surface area contributed by atoms with Crippen molar-refractivity contribution in [2.75, 3.05) is 11.9 Å². The van der Waals surface area contributed by atoms with Crippen LogP contribution in [0.4, 0.5) is 5.69 Å². The summed E-state index contributed by atoms with van der Waals surface area (Å²) in [5.41, 5.74) is 7.76. The first-order valence-corrected chi connectivity index (χ1v) is 6.47. The average Bonchev–Trinajstić information content (AvgIpc) is 2.78. The number of anilines is 1. The van der Waals surface area contributed by atoms with Gasteiger partial charge in [0, 0.05) is 18.3 Å². The number of rotatable bonds is 4. The lowest BCUT2D eigenvalue weighted by Gasteiger charge is -2.15. The third-order valence-electron chi connectivity index (χ3n) is 3.53. The van der Waals surface area contributed by atoms with E-state index in [1.54, 1.807) is 0 Å². The third kappa shape index (κ3) is 3.09. The van der Waals surface area contributed by atoms with Crippen LogP contribution in [0, 0.1) is 5.92 Å². The van der Waals surface area contributed by atoms with Crippen LogP contribution >= 0.6 is 0 Å². The van der Waals surface area contributed by atoms with Gasteiger partial charge in [-0.15, -0.1) is 0 Å². The van der Waals surface area contributed by atoms with Crippen molar-refractivity contribution in [1.82, 2.24) is 0 Å². The van der Waals surface area contributed by atoms with Crippen molar-refractivity contribution in [2.24, 2.45) is 11.7 Å². The van der Waals surface area contributed by atoms with Gasteiger partial charge in [-0.05, 0) is 37.0 Å². The van der Waals surface area contributed by atoms with E-state index in [1.807, 2.05) is 24.3 Å². The van der Waals surface area contributed by atoms with Gasteiger partial charge in [0.2, 0.25) is 5.91 Å². The predicted molar refractivity (Wildman–Crippen MR) is 71.2 cm³/mol. The largest absolute Gasteiger partial charge is 0.396 e. The summed E-state index contributed by atoms with van der Waals surface area (Å²) in [4.78, 5) is 12.0. The zero-order valence-electron chi connectivity index (χ0n) is 10.4. The SMILES string of the molecule is NC1CCCC1C(=O)Nc1ccc(CCO)cc1. The lowest BCUT2D eigenvalue weighted by atomic mass is 10.0. The van der Waals surface area contributed by atoms with Crippen LogP contribution in [0.3, 0.4) is 0 Å². The summed E-state index contributed by atoms with van der Waals surface area (Å²) >= 11 is 0. The molecule has 0 heterocycles. The van der Waals surface area contributed by atoms with E-state index in [-0.39, 0.29) is 24.5 Å². The zero-order valence-corrected chi connectivity index (χ0v) is 10.4. The Bertz CT molecular complexity index is 403. The molecular weight excluding hydrogens is 228 g/mol. The molecule has 0 aromatic heterocycles. The first-order chi connectivity index (χ1) is 8.70. The smallest absolute Gasteiger partial charge is 0.229 e. The number of benzene rings is 1. The van der Waals surface area contributed by atoms with Gasteiger partial charge >= 0.3 is 0 Å². The second-order valence-electron chi connectivity index (χ2n) is 4.86. The molecule has 1 aromatic rings. The first kappa shape index (κ1) is 13.1. The molecule has 2 atom stereocenters. The first-order valence-electron chi connectivity index (χ1n) is 6.47. The zero-order chi connectivity index (χ0) is 13.0. The molecule has 0 bridgehead atoms. The maximum Gasteiger partial charge on any atom is 0.229 e. The van der Waals surface area contributed by atoms with Crippen LogP contribution in [0.1, 0.15) is 24.8 Å². The Kier molecular flexibility index (Phi) is 4.33. The highest BCUT2D eigenvalue weighted by molar-refractivity contribution is 5.93. The van der Waals surface area contributed by atoms with E-state index in [1.165, 1.54) is 0 Å². The Morgan fingerprint density at radius 1 is 1.33 bits per heavy atom. The molecule has 0 saturated heterocycles. The molecule has 4 nitrogen and oxygen atoms in total. The Labute approximate surface area is 107 Å². The van der Waals surface area contributed by atoms with E-state index < -0.39 is 0 Å². The Hall–Kier alpha value is -1.39. The number of nitrogens with one attached hydrogen (secondary N) is 1. The Morgan fingerprint density at radius 3 is 2.61 bits per heavy atom. The van der Waals surface area contributed by atoms with Crippen molar-refractivity contribution >= 4 is 11.6 Å². The van der Waals surface area contributed by atoms with Gasteiger partial charge in [-0.2, -0.15) is 0 Å². The monoisotopic (exact) mass is 248 g/mol. The van der Waals surface area contributed by atoms with Crippen LogP contribution in [0.25, 0.3) is 0 Å². The summed E-state index contributed by atoms with van der Waals surface area (Å²) in [6.07, 6.45) is 3.50. The molecule has 1 aliphatic carbocycles. The molecule has 2 rings (SSSR count). The Balaban J connectivity index is 1.94. The average molecular weight is 248 g/mol. The molecule has 0 aliphatic heterocycles. The van der Waals surface area contributed by atoms with Crippen LogP contribution in [0.15, 0.2) is 24.3 Å². The van der Waals surface area contributed by atoms with Gasteiger partial charge in [-0.3, -0.25) is 4.79 Å². The highest BCUT2D eigenvalue weighted by atomic mass is 16.2. The van der Waals surface area contributed by atoms with E-state index in [9.17, 15) is 4.79 Å². The van der Waals surface area contributed by atoms with Crippen molar-refractivity contribution in [3.63, 3.8) is 0 Å². The molecule has 0 spiro atoms. The molecule has 4 N–H and O–H groups in total. The number of carbonyl (C=O) groups excluding carboxylic acids is 1. The fraction of sp³-hybridized carbons (Fsp3) is 0.500. The van der Waals surface area contributed by atoms with Crippen molar-refractivity contribution in [3.05, 3.63) is 29.8 Å². The van der Waals surface area contributed by atoms with E-state index in [2.05, 4.69) is 5.32 Å². The fourth-order valence-electron chi connectivity index (χ4n) is 2.43. The molecule has 18 heavy (non-hydrogen) atoms. The quantitative estimate of drug-likeness (QED) is 0.751. The maximum absolute atomic E-state index is 12.0. The maximum atomic E-state index is 12.0. The standard InChI is InChI=1S/C14H20N2O2/c15-13-3-1-2-12(13)14(18)16-11-6-4-10(5-7-11)8-9-17/h4-7,12-13,17H,1-3,8-9,15H2,(H,16,18). The molecule has 0 radical (unpaired) electrons. The summed E-state index contributed by atoms with van der Waals surface area (Å²) in [6, 6.07) is 7.56. The minimum Gasteiger partial charge on any atom is -0.396 e. The number of hydrogen-bond donors (Lipinski definition) is 3. The van der Waals surface area contributed by atoms with Gasteiger partial charge in [0.05, 0.1) is 5.92 Å². The minimum absolute atomic E-state index is 0.00124. The van der Waals surface area contributed by atoms with Crippen LogP contribution in [0.5, 0.6) is 0 Å². The van der Waals surface area contributed by atoms with Crippen molar-refractivity contribution in [3.8, 4) is 0 Å². The van der Waals surface area contributed by atoms with Gasteiger partial charge in [-0.25, -0.2) is 0 Å². The third-order valence-corrected chi connectivity index (χ3v) is 3.53. The Morgan fingerprint density at radius 2 is 2.06 bits per heavy atom. The van der Waals surface area contributed by atoms with E-state index in [0.29, 0.717) is 6.42 Å². The molecule has 4 heteroatoms. The summed E-state index contributed by atoms with van der Waals surface area (Å²) < 4.78 is 0. The lowest BCUT2D eigenvalue weighted by Crippen LogP contribution is -2.34. The van der Waals surface area contributed by atoms with E-state index >= 15 is 0 Å². The molecule has 98 valence electrons. The van der Waals surface area contributed by atoms with Crippen molar-refractivity contribution in [2.45, 2.75) is 31.7 Å². The van der Waals surface area contributed by atoms with Crippen LogP contribution in [-0.2, 0) is 11.2 Å². The lowest BCUT2D eigenvalue weighted by molar-refractivity contribution is -0.120. The number of hydrogen-bond acceptors (Lipinski definition) is 3. The van der Waals surface area contributed by atoms with Crippen LogP contribution in [-0.4, -0.2) is 23.7 Å². The number of aliphatic hydroxyl groups is 1. The second kappa shape index (κ2) is 5.98. The number of carbonyl (C=O) groups is 1. The molecule has 1 amide bonds. The summed E-state index contributed by atoms with van der Waals surface area (Å²) in [5, 5.41) is 11.7. The molecule has 1 aliphatic rings. The molecule has 1 aromatic carbocycles. The van der Waals surface area contributed by atoms with Crippen molar-refractivity contribution in [1.29, 1.82) is 0 Å². The van der Waals surface area contributed by atoms with Crippen molar-refractivity contribution < 1.29 is 9.90 Å². The van der Waals surface area contributed by atoms with E-state index in [0.717, 1.165) is 30.5 Å². The molecule has 1 fully saturated rings. The van der Waals surface area contributed by atoms with E-state index in [4.69, 9.17) is 10.8 Å². The number of nitrogens with two attached hydrogens (primary N) is 1. The normalized spacial score (nSPS) is 23.0. The molecule has 2 unspecified atom stereocenters.